The molecule has 0 aromatic heterocycles. The molecule has 1 aliphatic heterocycles. The molecule has 1 fully saturated rings. The third-order valence-corrected chi connectivity index (χ3v) is 3.88. The number of carbonyl (C=O) groups excluding carboxylic acids is 1. The van der Waals surface area contributed by atoms with Gasteiger partial charge in [0.25, 0.3) is 11.6 Å². The van der Waals surface area contributed by atoms with E-state index < -0.39 is 10.8 Å². The van der Waals surface area contributed by atoms with E-state index in [0.717, 1.165) is 32.4 Å². The van der Waals surface area contributed by atoms with Gasteiger partial charge in [0.05, 0.1) is 12.0 Å². The molecule has 120 valence electrons. The Morgan fingerprint density at radius 3 is 3.00 bits per heavy atom. The number of rotatable bonds is 6. The third kappa shape index (κ3) is 4.17. The second-order valence-electron chi connectivity index (χ2n) is 5.40. The van der Waals surface area contributed by atoms with Crippen molar-refractivity contribution in [3.63, 3.8) is 0 Å². The zero-order valence-corrected chi connectivity index (χ0v) is 12.6. The maximum atomic E-state index is 12.2. The molecule has 1 aromatic rings. The predicted molar refractivity (Wildman–Crippen MR) is 82.2 cm³/mol. The summed E-state index contributed by atoms with van der Waals surface area (Å²) < 4.78 is 5.03. The quantitative estimate of drug-likeness (QED) is 0.616. The van der Waals surface area contributed by atoms with Crippen LogP contribution in [0, 0.1) is 16.0 Å². The number of methoxy groups -OCH3 is 1. The molecule has 1 aromatic carbocycles. The Hall–Kier alpha value is -2.15. The molecule has 1 atom stereocenters. The molecule has 1 aliphatic rings. The summed E-state index contributed by atoms with van der Waals surface area (Å²) >= 11 is 0. The lowest BCUT2D eigenvalue weighted by Gasteiger charge is -2.22. The lowest BCUT2D eigenvalue weighted by Crippen LogP contribution is -2.33. The zero-order valence-electron chi connectivity index (χ0n) is 12.6. The second kappa shape index (κ2) is 7.74. The first-order valence-electron chi connectivity index (χ1n) is 7.43. The predicted octanol–water partition coefficient (Wildman–Crippen LogP) is 1.72. The minimum absolute atomic E-state index is 0.0334. The van der Waals surface area contributed by atoms with E-state index in [9.17, 15) is 14.9 Å². The highest BCUT2D eigenvalue weighted by Crippen LogP contribution is 2.24. The SMILES string of the molecule is COc1ccc([N+](=O)[O-])c(C(=O)NCCC2CCCNC2)c1. The molecule has 0 spiro atoms. The summed E-state index contributed by atoms with van der Waals surface area (Å²) in [5.41, 5.74) is -0.177. The van der Waals surface area contributed by atoms with Crippen LogP contribution in [-0.2, 0) is 0 Å². The van der Waals surface area contributed by atoms with Crippen molar-refractivity contribution in [1.29, 1.82) is 0 Å². The normalized spacial score (nSPS) is 17.8. The molecular weight excluding hydrogens is 286 g/mol. The van der Waals surface area contributed by atoms with Gasteiger partial charge in [-0.05, 0) is 50.4 Å². The average Bonchev–Trinajstić information content (AvgIpc) is 2.55. The number of hydrogen-bond donors (Lipinski definition) is 2. The fourth-order valence-corrected chi connectivity index (χ4v) is 2.64. The van der Waals surface area contributed by atoms with Crippen LogP contribution in [0.25, 0.3) is 0 Å². The Morgan fingerprint density at radius 2 is 2.36 bits per heavy atom. The summed E-state index contributed by atoms with van der Waals surface area (Å²) in [6, 6.07) is 4.16. The van der Waals surface area contributed by atoms with E-state index in [-0.39, 0.29) is 11.3 Å². The van der Waals surface area contributed by atoms with Crippen LogP contribution in [0.3, 0.4) is 0 Å². The lowest BCUT2D eigenvalue weighted by atomic mass is 9.96. The van der Waals surface area contributed by atoms with E-state index in [1.165, 1.54) is 25.3 Å². The van der Waals surface area contributed by atoms with Crippen molar-refractivity contribution in [3.05, 3.63) is 33.9 Å². The van der Waals surface area contributed by atoms with Gasteiger partial charge in [0.15, 0.2) is 0 Å². The molecule has 0 saturated carbocycles. The molecule has 2 N–H and O–H groups in total. The molecule has 2 rings (SSSR count). The van der Waals surface area contributed by atoms with Gasteiger partial charge >= 0.3 is 0 Å². The molecule has 1 saturated heterocycles. The number of nitrogens with zero attached hydrogens (tertiary/aromatic N) is 1. The van der Waals surface area contributed by atoms with Gasteiger partial charge in [-0.15, -0.1) is 0 Å². The molecule has 22 heavy (non-hydrogen) atoms. The standard InChI is InChI=1S/C15H21N3O4/c1-22-12-4-5-14(18(20)21)13(9-12)15(19)17-8-6-11-3-2-7-16-10-11/h4-5,9,11,16H,2-3,6-8,10H2,1H3,(H,17,19). The van der Waals surface area contributed by atoms with Crippen LogP contribution in [0.4, 0.5) is 5.69 Å². The maximum absolute atomic E-state index is 12.2. The minimum atomic E-state index is -0.556. The van der Waals surface area contributed by atoms with Crippen molar-refractivity contribution in [2.45, 2.75) is 19.3 Å². The molecule has 7 nitrogen and oxygen atoms in total. The van der Waals surface area contributed by atoms with Crippen molar-refractivity contribution < 1.29 is 14.5 Å². The number of amides is 1. The molecule has 7 heteroatoms. The highest BCUT2D eigenvalue weighted by molar-refractivity contribution is 5.98. The van der Waals surface area contributed by atoms with Crippen molar-refractivity contribution >= 4 is 11.6 Å². The van der Waals surface area contributed by atoms with Gasteiger partial charge in [-0.1, -0.05) is 0 Å². The number of hydrogen-bond acceptors (Lipinski definition) is 5. The van der Waals surface area contributed by atoms with E-state index >= 15 is 0 Å². The number of benzene rings is 1. The topological polar surface area (TPSA) is 93.5 Å². The zero-order chi connectivity index (χ0) is 15.9. The summed E-state index contributed by atoms with van der Waals surface area (Å²) in [7, 11) is 1.46. The molecule has 1 unspecified atom stereocenters. The molecule has 0 bridgehead atoms. The number of ether oxygens (including phenoxy) is 1. The van der Waals surface area contributed by atoms with Crippen molar-refractivity contribution in [3.8, 4) is 5.75 Å². The van der Waals surface area contributed by atoms with Crippen LogP contribution < -0.4 is 15.4 Å². The third-order valence-electron chi connectivity index (χ3n) is 3.88. The minimum Gasteiger partial charge on any atom is -0.497 e. The van der Waals surface area contributed by atoms with Gasteiger partial charge in [-0.25, -0.2) is 0 Å². The molecular formula is C15H21N3O4. The van der Waals surface area contributed by atoms with Gasteiger partial charge in [0.1, 0.15) is 11.3 Å². The lowest BCUT2D eigenvalue weighted by molar-refractivity contribution is -0.385. The average molecular weight is 307 g/mol. The highest BCUT2D eigenvalue weighted by atomic mass is 16.6. The molecule has 1 heterocycles. The Labute approximate surface area is 129 Å². The van der Waals surface area contributed by atoms with Crippen molar-refractivity contribution in [2.24, 2.45) is 5.92 Å². The Morgan fingerprint density at radius 1 is 1.55 bits per heavy atom. The fraction of sp³-hybridized carbons (Fsp3) is 0.533. The fourth-order valence-electron chi connectivity index (χ4n) is 2.64. The van der Waals surface area contributed by atoms with Gasteiger partial charge in [-0.2, -0.15) is 0 Å². The van der Waals surface area contributed by atoms with Crippen molar-refractivity contribution in [1.82, 2.24) is 10.6 Å². The summed E-state index contributed by atoms with van der Waals surface area (Å²) in [6.45, 7) is 2.54. The highest BCUT2D eigenvalue weighted by Gasteiger charge is 2.21. The van der Waals surface area contributed by atoms with E-state index in [0.29, 0.717) is 18.2 Å². The van der Waals surface area contributed by atoms with Crippen LogP contribution in [-0.4, -0.2) is 37.6 Å². The molecule has 0 radical (unpaired) electrons. The summed E-state index contributed by atoms with van der Waals surface area (Å²) in [4.78, 5) is 22.7. The van der Waals surface area contributed by atoms with E-state index in [2.05, 4.69) is 10.6 Å². The number of nitrogens with one attached hydrogen (secondary N) is 2. The number of carbonyl (C=O) groups is 1. The maximum Gasteiger partial charge on any atom is 0.282 e. The van der Waals surface area contributed by atoms with Crippen LogP contribution >= 0.6 is 0 Å². The second-order valence-corrected chi connectivity index (χ2v) is 5.40. The summed E-state index contributed by atoms with van der Waals surface area (Å²) in [5, 5.41) is 17.1. The van der Waals surface area contributed by atoms with Gasteiger partial charge in [0.2, 0.25) is 0 Å². The summed E-state index contributed by atoms with van der Waals surface area (Å²) in [6.07, 6.45) is 3.18. The van der Waals surface area contributed by atoms with E-state index in [1.807, 2.05) is 0 Å². The largest absolute Gasteiger partial charge is 0.497 e. The first-order valence-corrected chi connectivity index (χ1v) is 7.43. The monoisotopic (exact) mass is 307 g/mol. The Bertz CT molecular complexity index is 542. The Balaban J connectivity index is 1.97. The first-order chi connectivity index (χ1) is 10.6. The smallest absolute Gasteiger partial charge is 0.282 e. The van der Waals surface area contributed by atoms with E-state index in [4.69, 9.17) is 4.74 Å². The Kier molecular flexibility index (Phi) is 5.71. The van der Waals surface area contributed by atoms with Crippen LogP contribution in [0.2, 0.25) is 0 Å². The van der Waals surface area contributed by atoms with Gasteiger partial charge < -0.3 is 15.4 Å². The van der Waals surface area contributed by atoms with Gasteiger partial charge in [-0.3, -0.25) is 14.9 Å². The van der Waals surface area contributed by atoms with Crippen LogP contribution in [0.1, 0.15) is 29.6 Å². The molecule has 1 amide bonds. The van der Waals surface area contributed by atoms with Gasteiger partial charge in [0, 0.05) is 12.6 Å². The van der Waals surface area contributed by atoms with E-state index in [1.54, 1.807) is 0 Å². The van der Waals surface area contributed by atoms with Crippen LogP contribution in [0.15, 0.2) is 18.2 Å². The number of piperidine rings is 1. The van der Waals surface area contributed by atoms with Crippen LogP contribution in [0.5, 0.6) is 5.75 Å². The number of nitro benzene ring substituents is 1. The molecule has 0 aliphatic carbocycles. The number of nitro groups is 1. The van der Waals surface area contributed by atoms with Crippen molar-refractivity contribution in [2.75, 3.05) is 26.7 Å². The summed E-state index contributed by atoms with van der Waals surface area (Å²) in [5.74, 6) is 0.538. The first kappa shape index (κ1) is 16.2.